The molecule has 8 heteroatoms. The Bertz CT molecular complexity index is 268. The van der Waals surface area contributed by atoms with Crippen molar-refractivity contribution in [2.45, 2.75) is 37.8 Å². The molecule has 0 amide bonds. The molecule has 0 aliphatic rings. The second kappa shape index (κ2) is 15.0. The number of carboxylic acid groups (broad SMARTS) is 1. The van der Waals surface area contributed by atoms with E-state index in [1.807, 2.05) is 6.26 Å². The lowest BCUT2D eigenvalue weighted by Gasteiger charge is -2.06. The normalized spacial score (nSPS) is 12.8. The number of carbonyl (C=O) groups excluding carboxylic acids is 1. The van der Waals surface area contributed by atoms with Crippen LogP contribution >= 0.6 is 24.4 Å². The summed E-state index contributed by atoms with van der Waals surface area (Å²) in [6.45, 7) is 0. The lowest BCUT2D eigenvalue weighted by Crippen LogP contribution is -2.31. The number of ether oxygens (including phenoxy) is 1. The predicted molar refractivity (Wildman–Crippen MR) is 86.3 cm³/mol. The van der Waals surface area contributed by atoms with Crippen LogP contribution in [-0.4, -0.2) is 54.0 Å². The maximum Gasteiger partial charge on any atom is 0.322 e. The standard InChI is InChI=1S/2C6H13NO2S/c1-9-6(8)5(7)3-4-10-2;7-5(4-10)2-1-3-6(8)9/h5H,3-4,7H2,1-2H3;5,10H,1-4,7H2,(H,8,9)/t5-;/m1./s1. The van der Waals surface area contributed by atoms with E-state index in [1.54, 1.807) is 11.8 Å². The summed E-state index contributed by atoms with van der Waals surface area (Å²) in [5.74, 6) is 0.441. The van der Waals surface area contributed by atoms with Crippen LogP contribution in [0.5, 0.6) is 0 Å². The Labute approximate surface area is 130 Å². The molecule has 0 aromatic carbocycles. The number of esters is 1. The van der Waals surface area contributed by atoms with E-state index in [0.717, 1.165) is 12.2 Å². The van der Waals surface area contributed by atoms with Gasteiger partial charge in [0.15, 0.2) is 0 Å². The molecule has 0 saturated heterocycles. The lowest BCUT2D eigenvalue weighted by atomic mass is 10.1. The van der Waals surface area contributed by atoms with Crippen molar-refractivity contribution in [2.75, 3.05) is 24.9 Å². The van der Waals surface area contributed by atoms with Gasteiger partial charge in [0.1, 0.15) is 6.04 Å². The van der Waals surface area contributed by atoms with Gasteiger partial charge in [0.05, 0.1) is 7.11 Å². The van der Waals surface area contributed by atoms with Crippen LogP contribution in [0.15, 0.2) is 0 Å². The van der Waals surface area contributed by atoms with Crippen molar-refractivity contribution in [3.63, 3.8) is 0 Å². The summed E-state index contributed by atoms with van der Waals surface area (Å²) in [6.07, 6.45) is 4.27. The third-order valence-corrected chi connectivity index (χ3v) is 3.45. The summed E-state index contributed by atoms with van der Waals surface area (Å²) in [4.78, 5) is 20.7. The fourth-order valence-electron chi connectivity index (χ4n) is 1.12. The molecule has 0 saturated carbocycles. The Morgan fingerprint density at radius 1 is 1.35 bits per heavy atom. The molecule has 0 bridgehead atoms. The van der Waals surface area contributed by atoms with Crippen molar-refractivity contribution in [1.29, 1.82) is 0 Å². The molecule has 0 aliphatic carbocycles. The number of aliphatic carboxylic acids is 1. The second-order valence-electron chi connectivity index (χ2n) is 4.14. The number of nitrogens with two attached hydrogens (primary N) is 2. The smallest absolute Gasteiger partial charge is 0.322 e. The number of carbonyl (C=O) groups is 2. The molecule has 6 nitrogen and oxygen atoms in total. The zero-order chi connectivity index (χ0) is 16.0. The predicted octanol–water partition coefficient (Wildman–Crippen LogP) is 0.738. The SMILES string of the molecule is COC(=O)[C@H](N)CCSC.NC(CS)CCCC(=O)O. The summed E-state index contributed by atoms with van der Waals surface area (Å²) in [7, 11) is 1.35. The van der Waals surface area contributed by atoms with Gasteiger partial charge in [-0.15, -0.1) is 0 Å². The number of methoxy groups -OCH3 is 1. The van der Waals surface area contributed by atoms with Gasteiger partial charge in [-0.2, -0.15) is 24.4 Å². The van der Waals surface area contributed by atoms with Gasteiger partial charge in [-0.05, 0) is 31.3 Å². The number of thioether (sulfide) groups is 1. The molecule has 2 atom stereocenters. The van der Waals surface area contributed by atoms with Crippen LogP contribution in [0.1, 0.15) is 25.7 Å². The molecule has 0 heterocycles. The largest absolute Gasteiger partial charge is 0.481 e. The minimum absolute atomic E-state index is 0.0442. The zero-order valence-corrected chi connectivity index (χ0v) is 13.8. The third-order valence-electron chi connectivity index (χ3n) is 2.34. The first-order chi connectivity index (χ1) is 9.38. The zero-order valence-electron chi connectivity index (χ0n) is 12.1. The monoisotopic (exact) mass is 326 g/mol. The summed E-state index contributed by atoms with van der Waals surface area (Å²) >= 11 is 5.64. The van der Waals surface area contributed by atoms with E-state index in [4.69, 9.17) is 16.6 Å². The molecule has 0 spiro atoms. The van der Waals surface area contributed by atoms with E-state index in [9.17, 15) is 9.59 Å². The Hall–Kier alpha value is -0.440. The number of thiol groups is 1. The molecule has 0 aliphatic heterocycles. The first-order valence-corrected chi connectivity index (χ1v) is 8.32. The number of hydrogen-bond donors (Lipinski definition) is 4. The van der Waals surface area contributed by atoms with Crippen LogP contribution in [0.2, 0.25) is 0 Å². The first kappa shape index (κ1) is 21.9. The highest BCUT2D eigenvalue weighted by molar-refractivity contribution is 7.98. The maximum absolute atomic E-state index is 10.7. The lowest BCUT2D eigenvalue weighted by molar-refractivity contribution is -0.142. The van der Waals surface area contributed by atoms with Crippen LogP contribution in [0.3, 0.4) is 0 Å². The quantitative estimate of drug-likeness (QED) is 0.365. The highest BCUT2D eigenvalue weighted by Gasteiger charge is 2.11. The van der Waals surface area contributed by atoms with Crippen LogP contribution in [-0.2, 0) is 14.3 Å². The van der Waals surface area contributed by atoms with Gasteiger partial charge in [0, 0.05) is 18.2 Å². The van der Waals surface area contributed by atoms with Gasteiger partial charge in [0.25, 0.3) is 0 Å². The molecular formula is C12H26N2O4S2. The average molecular weight is 326 g/mol. The van der Waals surface area contributed by atoms with Crippen LogP contribution in [0, 0.1) is 0 Å². The molecule has 0 aromatic heterocycles. The minimum Gasteiger partial charge on any atom is -0.481 e. The van der Waals surface area contributed by atoms with Crippen molar-refractivity contribution < 1.29 is 19.4 Å². The van der Waals surface area contributed by atoms with Crippen molar-refractivity contribution in [3.8, 4) is 0 Å². The highest BCUT2D eigenvalue weighted by Crippen LogP contribution is 2.00. The van der Waals surface area contributed by atoms with Crippen molar-refractivity contribution in [1.82, 2.24) is 0 Å². The van der Waals surface area contributed by atoms with E-state index >= 15 is 0 Å². The first-order valence-electron chi connectivity index (χ1n) is 6.29. The van der Waals surface area contributed by atoms with E-state index in [-0.39, 0.29) is 18.4 Å². The molecule has 0 fully saturated rings. The van der Waals surface area contributed by atoms with Gasteiger partial charge in [-0.25, -0.2) is 0 Å². The number of carboxylic acids is 1. The van der Waals surface area contributed by atoms with Gasteiger partial charge in [-0.1, -0.05) is 0 Å². The maximum atomic E-state index is 10.7. The molecule has 0 radical (unpaired) electrons. The van der Waals surface area contributed by atoms with E-state index in [2.05, 4.69) is 17.4 Å². The molecular weight excluding hydrogens is 300 g/mol. The Morgan fingerprint density at radius 3 is 2.35 bits per heavy atom. The Balaban J connectivity index is 0. The minimum atomic E-state index is -0.758. The van der Waals surface area contributed by atoms with E-state index in [1.165, 1.54) is 7.11 Å². The summed E-state index contributed by atoms with van der Waals surface area (Å²) < 4.78 is 4.44. The van der Waals surface area contributed by atoms with Gasteiger partial charge in [-0.3, -0.25) is 9.59 Å². The molecule has 1 unspecified atom stereocenters. The summed E-state index contributed by atoms with van der Waals surface area (Å²) in [5.41, 5.74) is 10.9. The molecule has 0 rings (SSSR count). The summed E-state index contributed by atoms with van der Waals surface area (Å²) in [6, 6.07) is -0.403. The fourth-order valence-corrected chi connectivity index (χ4v) is 1.79. The number of hydrogen-bond acceptors (Lipinski definition) is 7. The Morgan fingerprint density at radius 2 is 1.95 bits per heavy atom. The van der Waals surface area contributed by atoms with Gasteiger partial charge in [0.2, 0.25) is 0 Å². The fraction of sp³-hybridized carbons (Fsp3) is 0.833. The van der Waals surface area contributed by atoms with E-state index < -0.39 is 12.0 Å². The average Bonchev–Trinajstić information content (AvgIpc) is 2.43. The number of rotatable bonds is 9. The molecule has 0 aromatic rings. The topological polar surface area (TPSA) is 116 Å². The van der Waals surface area contributed by atoms with Crippen molar-refractivity contribution in [3.05, 3.63) is 0 Å². The summed E-state index contributed by atoms with van der Waals surface area (Å²) in [5, 5.41) is 8.24. The molecule has 120 valence electrons. The van der Waals surface area contributed by atoms with Crippen LogP contribution < -0.4 is 11.5 Å². The second-order valence-corrected chi connectivity index (χ2v) is 5.49. The van der Waals surface area contributed by atoms with Crippen molar-refractivity contribution in [2.24, 2.45) is 11.5 Å². The molecule has 5 N–H and O–H groups in total. The van der Waals surface area contributed by atoms with Crippen LogP contribution in [0.25, 0.3) is 0 Å². The highest BCUT2D eigenvalue weighted by atomic mass is 32.2. The van der Waals surface area contributed by atoms with Crippen molar-refractivity contribution >= 4 is 36.3 Å². The van der Waals surface area contributed by atoms with Gasteiger partial charge < -0.3 is 21.3 Å². The van der Waals surface area contributed by atoms with Gasteiger partial charge >= 0.3 is 11.9 Å². The third kappa shape index (κ3) is 15.6. The molecule has 20 heavy (non-hydrogen) atoms. The van der Waals surface area contributed by atoms with E-state index in [0.29, 0.717) is 18.6 Å². The Kier molecular flexibility index (Phi) is 16.3. The van der Waals surface area contributed by atoms with Crippen LogP contribution in [0.4, 0.5) is 0 Å².